The van der Waals surface area contributed by atoms with E-state index in [9.17, 15) is 9.59 Å². The molecule has 6 heteroatoms. The third-order valence-corrected chi connectivity index (χ3v) is 5.60. The Labute approximate surface area is 173 Å². The molecule has 2 heterocycles. The second-order valence-electron chi connectivity index (χ2n) is 7.94. The number of aromatic nitrogens is 2. The molecular weight excluding hydrogens is 364 g/mol. The summed E-state index contributed by atoms with van der Waals surface area (Å²) in [6, 6.07) is 12.2. The zero-order chi connectivity index (χ0) is 20.6. The van der Waals surface area contributed by atoms with Gasteiger partial charge in [-0.05, 0) is 38.2 Å². The predicted molar refractivity (Wildman–Crippen MR) is 114 cm³/mol. The average molecular weight is 397 g/mol. The third-order valence-electron chi connectivity index (χ3n) is 5.60. The Morgan fingerprint density at radius 3 is 2.83 bits per heavy atom. The van der Waals surface area contributed by atoms with Crippen molar-refractivity contribution in [3.8, 4) is 11.3 Å². The highest BCUT2D eigenvalue weighted by molar-refractivity contribution is 5.81. The van der Waals surface area contributed by atoms with E-state index in [-0.39, 0.29) is 17.7 Å². The lowest BCUT2D eigenvalue weighted by atomic mass is 9.96. The molecule has 1 aromatic heterocycles. The number of carbonyl (C=O) groups is 2. The van der Waals surface area contributed by atoms with Crippen molar-refractivity contribution in [3.63, 3.8) is 0 Å². The Morgan fingerprint density at radius 1 is 1.28 bits per heavy atom. The zero-order valence-corrected chi connectivity index (χ0v) is 17.6. The minimum Gasteiger partial charge on any atom is -0.345 e. The van der Waals surface area contributed by atoms with Gasteiger partial charge in [0.2, 0.25) is 11.8 Å². The molecule has 1 atom stereocenters. The van der Waals surface area contributed by atoms with Crippen LogP contribution in [0.25, 0.3) is 11.3 Å². The van der Waals surface area contributed by atoms with E-state index in [1.54, 1.807) is 0 Å². The van der Waals surface area contributed by atoms with E-state index in [1.807, 2.05) is 54.1 Å². The summed E-state index contributed by atoms with van der Waals surface area (Å²) in [6.07, 6.45) is 4.95. The molecule has 29 heavy (non-hydrogen) atoms. The Kier molecular flexibility index (Phi) is 7.44. The van der Waals surface area contributed by atoms with Crippen LogP contribution >= 0.6 is 0 Å². The van der Waals surface area contributed by atoms with Gasteiger partial charge in [-0.1, -0.05) is 37.3 Å². The molecule has 0 radical (unpaired) electrons. The van der Waals surface area contributed by atoms with Gasteiger partial charge < -0.3 is 9.80 Å². The maximum atomic E-state index is 12.8. The van der Waals surface area contributed by atoms with Crippen molar-refractivity contribution in [3.05, 3.63) is 42.1 Å². The van der Waals surface area contributed by atoms with E-state index >= 15 is 0 Å². The molecule has 6 nitrogen and oxygen atoms in total. The molecule has 0 saturated carbocycles. The van der Waals surface area contributed by atoms with Crippen molar-refractivity contribution < 1.29 is 9.59 Å². The van der Waals surface area contributed by atoms with E-state index in [1.165, 1.54) is 0 Å². The molecule has 0 bridgehead atoms. The summed E-state index contributed by atoms with van der Waals surface area (Å²) < 4.78 is 0. The van der Waals surface area contributed by atoms with Crippen LogP contribution in [0.2, 0.25) is 0 Å². The Balaban J connectivity index is 1.45. The normalized spacial score (nSPS) is 16.6. The number of rotatable bonds is 8. The Hall–Kier alpha value is -2.63. The fourth-order valence-electron chi connectivity index (χ4n) is 3.95. The van der Waals surface area contributed by atoms with Gasteiger partial charge >= 0.3 is 0 Å². The van der Waals surface area contributed by atoms with Crippen LogP contribution < -0.4 is 0 Å². The van der Waals surface area contributed by atoms with Gasteiger partial charge in [-0.25, -0.2) is 0 Å². The fourth-order valence-corrected chi connectivity index (χ4v) is 3.95. The molecule has 1 aromatic carbocycles. The van der Waals surface area contributed by atoms with E-state index in [2.05, 4.69) is 16.3 Å². The molecule has 1 aliphatic heterocycles. The van der Waals surface area contributed by atoms with Gasteiger partial charge in [0.05, 0.1) is 11.6 Å². The monoisotopic (exact) mass is 396 g/mol. The van der Waals surface area contributed by atoms with Crippen molar-refractivity contribution in [1.82, 2.24) is 20.0 Å². The van der Waals surface area contributed by atoms with Gasteiger partial charge in [0.1, 0.15) is 0 Å². The van der Waals surface area contributed by atoms with E-state index in [0.29, 0.717) is 19.5 Å². The Morgan fingerprint density at radius 2 is 2.07 bits per heavy atom. The first-order chi connectivity index (χ1) is 14.1. The molecule has 0 spiro atoms. The van der Waals surface area contributed by atoms with Crippen LogP contribution in [-0.2, 0) is 16.0 Å². The van der Waals surface area contributed by atoms with Crippen molar-refractivity contribution in [2.75, 3.05) is 26.7 Å². The van der Waals surface area contributed by atoms with Crippen molar-refractivity contribution in [2.45, 2.75) is 45.4 Å². The van der Waals surface area contributed by atoms with E-state index < -0.39 is 0 Å². The molecule has 3 rings (SSSR count). The maximum Gasteiger partial charge on any atom is 0.227 e. The molecule has 2 amide bonds. The van der Waals surface area contributed by atoms with Crippen molar-refractivity contribution >= 4 is 11.8 Å². The number of amides is 2. The fraction of sp³-hybridized carbons (Fsp3) is 0.522. The van der Waals surface area contributed by atoms with Crippen LogP contribution in [0.5, 0.6) is 0 Å². The van der Waals surface area contributed by atoms with Crippen molar-refractivity contribution in [2.24, 2.45) is 5.92 Å². The topological polar surface area (TPSA) is 69.3 Å². The number of benzene rings is 1. The minimum atomic E-state index is -0.0635. The summed E-state index contributed by atoms with van der Waals surface area (Å²) in [7, 11) is 1.87. The van der Waals surface area contributed by atoms with E-state index in [0.717, 1.165) is 55.6 Å². The zero-order valence-electron chi connectivity index (χ0n) is 17.6. The third kappa shape index (κ3) is 5.68. The number of nitrogens with one attached hydrogen (secondary N) is 1. The van der Waals surface area contributed by atoms with Gasteiger partial charge in [-0.2, -0.15) is 5.10 Å². The first-order valence-electron chi connectivity index (χ1n) is 10.7. The van der Waals surface area contributed by atoms with Crippen LogP contribution in [0.1, 0.15) is 44.7 Å². The highest BCUT2D eigenvalue weighted by atomic mass is 16.2. The van der Waals surface area contributed by atoms with Crippen LogP contribution in [0, 0.1) is 5.92 Å². The number of aryl methyl sites for hydroxylation is 1. The lowest BCUT2D eigenvalue weighted by Gasteiger charge is -2.34. The van der Waals surface area contributed by atoms with Crippen LogP contribution in [0.4, 0.5) is 0 Å². The average Bonchev–Trinajstić information content (AvgIpc) is 3.23. The van der Waals surface area contributed by atoms with Gasteiger partial charge in [0.15, 0.2) is 0 Å². The summed E-state index contributed by atoms with van der Waals surface area (Å²) in [5, 5.41) is 7.49. The second-order valence-corrected chi connectivity index (χ2v) is 7.94. The predicted octanol–water partition coefficient (Wildman–Crippen LogP) is 3.51. The summed E-state index contributed by atoms with van der Waals surface area (Å²) in [5.41, 5.74) is 3.13. The number of H-pyrrole nitrogens is 1. The largest absolute Gasteiger partial charge is 0.345 e. The van der Waals surface area contributed by atoms with Crippen molar-refractivity contribution in [1.29, 1.82) is 0 Å². The smallest absolute Gasteiger partial charge is 0.227 e. The van der Waals surface area contributed by atoms with E-state index in [4.69, 9.17) is 0 Å². The molecule has 2 aromatic rings. The number of carbonyl (C=O) groups excluding carboxylic acids is 2. The molecule has 156 valence electrons. The SMILES string of the molecule is CCCC(=O)N1CCCC(C(=O)N(C)CCCc2cc(-c3ccccc3)n[nH]2)C1. The lowest BCUT2D eigenvalue weighted by Crippen LogP contribution is -2.46. The van der Waals surface area contributed by atoms with Crippen LogP contribution in [0.3, 0.4) is 0 Å². The highest BCUT2D eigenvalue weighted by Crippen LogP contribution is 2.20. The standard InChI is InChI=1S/C23H32N4O2/c1-3-9-22(28)27-15-7-12-19(17-27)23(29)26(2)14-8-13-20-16-21(25-24-20)18-10-5-4-6-11-18/h4-6,10-11,16,19H,3,7-9,12-15,17H2,1-2H3,(H,24,25). The van der Waals surface area contributed by atoms with Gasteiger partial charge in [-0.15, -0.1) is 0 Å². The second kappa shape index (κ2) is 10.2. The first-order valence-corrected chi connectivity index (χ1v) is 10.7. The molecule has 1 saturated heterocycles. The Bertz CT molecular complexity index is 802. The van der Waals surface area contributed by atoms with Gasteiger partial charge in [0, 0.05) is 44.4 Å². The summed E-state index contributed by atoms with van der Waals surface area (Å²) in [4.78, 5) is 28.7. The molecule has 0 aliphatic carbocycles. The molecule has 1 fully saturated rings. The molecular formula is C23H32N4O2. The summed E-state index contributed by atoms with van der Waals surface area (Å²) in [6.45, 7) is 4.08. The summed E-state index contributed by atoms with van der Waals surface area (Å²) >= 11 is 0. The number of nitrogens with zero attached hydrogens (tertiary/aromatic N) is 3. The minimum absolute atomic E-state index is 0.0635. The number of hydrogen-bond acceptors (Lipinski definition) is 3. The number of likely N-dealkylation sites (tertiary alicyclic amines) is 1. The molecule has 1 unspecified atom stereocenters. The summed E-state index contributed by atoms with van der Waals surface area (Å²) in [5.74, 6) is 0.279. The number of hydrogen-bond donors (Lipinski definition) is 1. The first kappa shape index (κ1) is 21.1. The van der Waals surface area contributed by atoms with Crippen LogP contribution in [-0.4, -0.2) is 58.5 Å². The quantitative estimate of drug-likeness (QED) is 0.742. The number of piperidine rings is 1. The molecule has 1 N–H and O–H groups in total. The lowest BCUT2D eigenvalue weighted by molar-refractivity contribution is -0.140. The van der Waals surface area contributed by atoms with Gasteiger partial charge in [0.25, 0.3) is 0 Å². The van der Waals surface area contributed by atoms with Crippen LogP contribution in [0.15, 0.2) is 36.4 Å². The number of aromatic amines is 1. The highest BCUT2D eigenvalue weighted by Gasteiger charge is 2.29. The molecule has 1 aliphatic rings. The maximum absolute atomic E-state index is 12.8. The van der Waals surface area contributed by atoms with Gasteiger partial charge in [-0.3, -0.25) is 14.7 Å².